The summed E-state index contributed by atoms with van der Waals surface area (Å²) >= 11 is 0. The van der Waals surface area contributed by atoms with E-state index in [2.05, 4.69) is 49.2 Å². The summed E-state index contributed by atoms with van der Waals surface area (Å²) in [4.78, 5) is 6.80. The van der Waals surface area contributed by atoms with Crippen LogP contribution in [-0.2, 0) is 0 Å². The second-order valence-corrected chi connectivity index (χ2v) is 6.34. The van der Waals surface area contributed by atoms with Gasteiger partial charge in [0.05, 0.1) is 5.52 Å². The predicted molar refractivity (Wildman–Crippen MR) is 91.7 cm³/mol. The summed E-state index contributed by atoms with van der Waals surface area (Å²) in [6, 6.07) is 8.37. The first-order chi connectivity index (χ1) is 9.86. The molecular weight excluding hydrogens is 260 g/mol. The topological polar surface area (TPSA) is 54.2 Å². The van der Waals surface area contributed by atoms with Gasteiger partial charge >= 0.3 is 0 Å². The van der Waals surface area contributed by atoms with Crippen LogP contribution < -0.4 is 11.1 Å². The van der Waals surface area contributed by atoms with Crippen molar-refractivity contribution in [1.82, 2.24) is 9.88 Å². The van der Waals surface area contributed by atoms with Crippen LogP contribution in [0.15, 0.2) is 24.3 Å². The van der Waals surface area contributed by atoms with E-state index in [-0.39, 0.29) is 0 Å². The zero-order valence-corrected chi connectivity index (χ0v) is 13.6. The average Bonchev–Trinajstić information content (AvgIpc) is 2.38. The van der Waals surface area contributed by atoms with E-state index in [1.807, 2.05) is 25.1 Å². The number of nitrogens with zero attached hydrogens (tertiary/aromatic N) is 2. The molecule has 0 aliphatic heterocycles. The number of pyridine rings is 1. The molecule has 2 rings (SSSR count). The maximum atomic E-state index is 5.94. The first kappa shape index (κ1) is 15.6. The minimum Gasteiger partial charge on any atom is -0.399 e. The van der Waals surface area contributed by atoms with Crippen LogP contribution in [0, 0.1) is 12.8 Å². The van der Waals surface area contributed by atoms with Gasteiger partial charge in [0, 0.05) is 35.0 Å². The fraction of sp³-hybridized carbons (Fsp3) is 0.471. The summed E-state index contributed by atoms with van der Waals surface area (Å²) in [5.74, 6) is 0.539. The molecule has 4 nitrogen and oxygen atoms in total. The molecule has 0 saturated carbocycles. The number of anilines is 2. The Morgan fingerprint density at radius 2 is 1.95 bits per heavy atom. The van der Waals surface area contributed by atoms with Crippen LogP contribution in [-0.4, -0.2) is 36.6 Å². The Kier molecular flexibility index (Phi) is 4.68. The van der Waals surface area contributed by atoms with Crippen molar-refractivity contribution in [2.24, 2.45) is 5.92 Å². The quantitative estimate of drug-likeness (QED) is 0.829. The minimum atomic E-state index is 0.381. The lowest BCUT2D eigenvalue weighted by atomic mass is 10.0. The summed E-state index contributed by atoms with van der Waals surface area (Å²) in [5.41, 5.74) is 9.82. The van der Waals surface area contributed by atoms with Gasteiger partial charge in [0.2, 0.25) is 0 Å². The molecule has 0 bridgehead atoms. The van der Waals surface area contributed by atoms with Crippen LogP contribution in [0.1, 0.15) is 19.5 Å². The number of aryl methyl sites for hydroxylation is 1. The minimum absolute atomic E-state index is 0.381. The molecule has 0 spiro atoms. The van der Waals surface area contributed by atoms with Gasteiger partial charge in [-0.2, -0.15) is 0 Å². The largest absolute Gasteiger partial charge is 0.399 e. The average molecular weight is 286 g/mol. The van der Waals surface area contributed by atoms with Crippen LogP contribution in [0.25, 0.3) is 10.9 Å². The highest BCUT2D eigenvalue weighted by atomic mass is 15.1. The fourth-order valence-electron chi connectivity index (χ4n) is 2.51. The second-order valence-electron chi connectivity index (χ2n) is 6.34. The predicted octanol–water partition coefficient (Wildman–Crippen LogP) is 3.12. The molecule has 1 aromatic heterocycles. The third-order valence-electron chi connectivity index (χ3n) is 3.67. The van der Waals surface area contributed by atoms with E-state index in [9.17, 15) is 0 Å². The van der Waals surface area contributed by atoms with Gasteiger partial charge < -0.3 is 16.0 Å². The number of likely N-dealkylation sites (N-methyl/N-ethyl adjacent to an activating group) is 1. The number of benzene rings is 1. The summed E-state index contributed by atoms with van der Waals surface area (Å²) in [5, 5.41) is 4.77. The monoisotopic (exact) mass is 286 g/mol. The Morgan fingerprint density at radius 3 is 2.57 bits per heavy atom. The van der Waals surface area contributed by atoms with Crippen LogP contribution >= 0.6 is 0 Å². The summed E-state index contributed by atoms with van der Waals surface area (Å²) in [6.07, 6.45) is 0. The van der Waals surface area contributed by atoms with Crippen molar-refractivity contribution < 1.29 is 0 Å². The molecule has 0 saturated heterocycles. The van der Waals surface area contributed by atoms with Crippen molar-refractivity contribution in [2.45, 2.75) is 26.8 Å². The van der Waals surface area contributed by atoms with Crippen molar-refractivity contribution >= 4 is 22.3 Å². The molecule has 4 heteroatoms. The SMILES string of the molecule is Cc1cc(NC(CN(C)C)C(C)C)c2cc(N)ccc2n1. The van der Waals surface area contributed by atoms with Gasteiger partial charge in [-0.25, -0.2) is 0 Å². The highest BCUT2D eigenvalue weighted by molar-refractivity contribution is 5.93. The van der Waals surface area contributed by atoms with Crippen molar-refractivity contribution in [2.75, 3.05) is 31.7 Å². The number of aromatic nitrogens is 1. The summed E-state index contributed by atoms with van der Waals surface area (Å²) in [6.45, 7) is 7.50. The third-order valence-corrected chi connectivity index (χ3v) is 3.67. The van der Waals surface area contributed by atoms with Crippen LogP contribution in [0.2, 0.25) is 0 Å². The summed E-state index contributed by atoms with van der Waals surface area (Å²) < 4.78 is 0. The molecule has 21 heavy (non-hydrogen) atoms. The van der Waals surface area contributed by atoms with Gasteiger partial charge in [0.15, 0.2) is 0 Å². The molecule has 3 N–H and O–H groups in total. The number of nitrogen functional groups attached to an aromatic ring is 1. The van der Waals surface area contributed by atoms with Gasteiger partial charge in [-0.15, -0.1) is 0 Å². The number of hydrogen-bond donors (Lipinski definition) is 2. The number of nitrogens with one attached hydrogen (secondary N) is 1. The fourth-order valence-corrected chi connectivity index (χ4v) is 2.51. The lowest BCUT2D eigenvalue weighted by molar-refractivity contribution is 0.345. The van der Waals surface area contributed by atoms with E-state index in [0.29, 0.717) is 12.0 Å². The highest BCUT2D eigenvalue weighted by Crippen LogP contribution is 2.26. The first-order valence-electron chi connectivity index (χ1n) is 7.45. The lowest BCUT2D eigenvalue weighted by Crippen LogP contribution is -2.36. The Hall–Kier alpha value is -1.81. The molecule has 0 radical (unpaired) electrons. The van der Waals surface area contributed by atoms with E-state index < -0.39 is 0 Å². The third kappa shape index (κ3) is 3.85. The number of nitrogens with two attached hydrogens (primary N) is 1. The first-order valence-corrected chi connectivity index (χ1v) is 7.45. The zero-order chi connectivity index (χ0) is 15.6. The highest BCUT2D eigenvalue weighted by Gasteiger charge is 2.16. The Bertz CT molecular complexity index is 619. The van der Waals surface area contributed by atoms with Gasteiger partial charge in [-0.05, 0) is 51.2 Å². The molecule has 0 fully saturated rings. The molecule has 1 atom stereocenters. The molecule has 114 valence electrons. The number of fused-ring (bicyclic) bond motifs is 1. The Morgan fingerprint density at radius 1 is 1.24 bits per heavy atom. The Balaban J connectivity index is 2.42. The van der Waals surface area contributed by atoms with Crippen molar-refractivity contribution in [3.63, 3.8) is 0 Å². The normalized spacial score (nSPS) is 13.1. The molecule has 1 unspecified atom stereocenters. The van der Waals surface area contributed by atoms with Crippen LogP contribution in [0.4, 0.5) is 11.4 Å². The van der Waals surface area contributed by atoms with E-state index in [0.717, 1.165) is 34.5 Å². The molecule has 0 amide bonds. The molecule has 2 aromatic rings. The second kappa shape index (κ2) is 6.31. The van der Waals surface area contributed by atoms with Gasteiger partial charge in [-0.3, -0.25) is 4.98 Å². The van der Waals surface area contributed by atoms with Crippen LogP contribution in [0.3, 0.4) is 0 Å². The van der Waals surface area contributed by atoms with E-state index in [1.165, 1.54) is 0 Å². The smallest absolute Gasteiger partial charge is 0.0727 e. The van der Waals surface area contributed by atoms with E-state index >= 15 is 0 Å². The number of rotatable bonds is 5. The van der Waals surface area contributed by atoms with E-state index in [4.69, 9.17) is 5.73 Å². The summed E-state index contributed by atoms with van der Waals surface area (Å²) in [7, 11) is 4.20. The Labute approximate surface area is 127 Å². The van der Waals surface area contributed by atoms with Crippen molar-refractivity contribution in [3.8, 4) is 0 Å². The number of hydrogen-bond acceptors (Lipinski definition) is 4. The van der Waals surface area contributed by atoms with Gasteiger partial charge in [0.1, 0.15) is 0 Å². The standard InChI is InChI=1S/C17H26N4/c1-11(2)17(10-21(4)5)20-16-8-12(3)19-15-7-6-13(18)9-14(15)16/h6-9,11,17H,10,18H2,1-5H3,(H,19,20). The molecule has 1 aromatic carbocycles. The molecule has 0 aliphatic carbocycles. The maximum absolute atomic E-state index is 5.94. The van der Waals surface area contributed by atoms with Crippen molar-refractivity contribution in [1.29, 1.82) is 0 Å². The molecule has 1 heterocycles. The lowest BCUT2D eigenvalue weighted by Gasteiger charge is -2.27. The maximum Gasteiger partial charge on any atom is 0.0727 e. The molecule has 0 aliphatic rings. The van der Waals surface area contributed by atoms with Gasteiger partial charge in [-0.1, -0.05) is 13.8 Å². The zero-order valence-electron chi connectivity index (χ0n) is 13.6. The van der Waals surface area contributed by atoms with Crippen molar-refractivity contribution in [3.05, 3.63) is 30.0 Å². The molecular formula is C17H26N4. The van der Waals surface area contributed by atoms with E-state index in [1.54, 1.807) is 0 Å². The van der Waals surface area contributed by atoms with Gasteiger partial charge in [0.25, 0.3) is 0 Å². The van der Waals surface area contributed by atoms with Crippen LogP contribution in [0.5, 0.6) is 0 Å².